The van der Waals surface area contributed by atoms with Crippen LogP contribution in [0.2, 0.25) is 0 Å². The molecule has 0 spiro atoms. The molecule has 0 aliphatic carbocycles. The molecule has 0 atom stereocenters. The van der Waals surface area contributed by atoms with Crippen LogP contribution in [-0.4, -0.2) is 14.2 Å². The molecular weight excluding hydrogens is 464 g/mol. The molecule has 0 fully saturated rings. The Morgan fingerprint density at radius 3 is 1.14 bits per heavy atom. The van der Waals surface area contributed by atoms with Gasteiger partial charge in [-0.3, -0.25) is 0 Å². The minimum atomic E-state index is 0. The molecule has 0 saturated heterocycles. The van der Waals surface area contributed by atoms with Crippen molar-refractivity contribution in [3.05, 3.63) is 120 Å². The largest absolute Gasteiger partial charge is 4.00 e. The summed E-state index contributed by atoms with van der Waals surface area (Å²) in [6.45, 7) is 4.45. The number of hydrogen-bond acceptors (Lipinski definition) is 2. The maximum absolute atomic E-state index is 4.89. The van der Waals surface area contributed by atoms with Gasteiger partial charge in [0.15, 0.2) is 0 Å². The molecule has 35 heavy (non-hydrogen) atoms. The average Bonchev–Trinajstić information content (AvgIpc) is 3.63. The summed E-state index contributed by atoms with van der Waals surface area (Å²) < 4.78 is 9.79. The van der Waals surface area contributed by atoms with Gasteiger partial charge in [0.1, 0.15) is 0 Å². The van der Waals surface area contributed by atoms with Gasteiger partial charge in [-0.15, -0.1) is 24.3 Å². The molecule has 4 aromatic rings. The Morgan fingerprint density at radius 1 is 0.600 bits per heavy atom. The Balaban J connectivity index is 0.000000437. The van der Waals surface area contributed by atoms with E-state index in [9.17, 15) is 0 Å². The van der Waals surface area contributed by atoms with Crippen molar-refractivity contribution in [2.24, 2.45) is 0 Å². The number of rotatable bonds is 8. The minimum Gasteiger partial charge on any atom is -0.522 e. The number of aryl methyl sites for hydroxylation is 2. The molecule has 0 amide bonds. The maximum Gasteiger partial charge on any atom is 4.00 e. The van der Waals surface area contributed by atoms with E-state index >= 15 is 0 Å². The minimum absolute atomic E-state index is 0. The molecule has 0 heterocycles. The van der Waals surface area contributed by atoms with Crippen LogP contribution in [0.25, 0.3) is 0 Å². The summed E-state index contributed by atoms with van der Waals surface area (Å²) in [5.41, 5.74) is 2.97. The number of benzene rings is 2. The second-order valence-electron chi connectivity index (χ2n) is 7.67. The molecule has 0 saturated carbocycles. The molecule has 0 aliphatic rings. The van der Waals surface area contributed by atoms with E-state index in [-0.39, 0.29) is 21.7 Å². The number of methoxy groups -OCH3 is 2. The molecule has 0 unspecified atom stereocenters. The number of hydrogen-bond donors (Lipinski definition) is 0. The van der Waals surface area contributed by atoms with Crippen LogP contribution in [0.4, 0.5) is 0 Å². The zero-order valence-corrected chi connectivity index (χ0v) is 23.4. The predicted octanol–water partition coefficient (Wildman–Crippen LogP) is 8.48. The third-order valence-corrected chi connectivity index (χ3v) is 4.95. The molecule has 2 nitrogen and oxygen atoms in total. The van der Waals surface area contributed by atoms with Crippen molar-refractivity contribution < 1.29 is 31.2 Å². The Bertz CT molecular complexity index is 808. The Kier molecular flexibility index (Phi) is 21.5. The molecule has 0 aliphatic heterocycles. The zero-order valence-electron chi connectivity index (χ0n) is 21.8. The van der Waals surface area contributed by atoms with Crippen molar-refractivity contribution in [1.82, 2.24) is 0 Å². The van der Waals surface area contributed by atoms with E-state index in [2.05, 4.69) is 74.5 Å². The summed E-state index contributed by atoms with van der Waals surface area (Å²) in [5.74, 6) is 1.76. The van der Waals surface area contributed by atoms with Crippen LogP contribution < -0.4 is 9.47 Å². The summed E-state index contributed by atoms with van der Waals surface area (Å²) in [6.07, 6.45) is 7.75. The molecule has 0 N–H and O–H groups in total. The van der Waals surface area contributed by atoms with E-state index in [1.165, 1.54) is 49.7 Å². The Morgan fingerprint density at radius 2 is 0.914 bits per heavy atom. The summed E-state index contributed by atoms with van der Waals surface area (Å²) in [4.78, 5) is 0. The monoisotopic (exact) mass is 504 g/mol. The molecule has 3 heteroatoms. The second-order valence-corrected chi connectivity index (χ2v) is 7.67. The fourth-order valence-corrected chi connectivity index (χ4v) is 2.94. The van der Waals surface area contributed by atoms with Crippen molar-refractivity contribution in [2.75, 3.05) is 14.2 Å². The first-order valence-electron chi connectivity index (χ1n) is 12.1. The van der Waals surface area contributed by atoms with E-state index in [0.29, 0.717) is 0 Å². The normalized spacial score (nSPS) is 9.03. The van der Waals surface area contributed by atoms with Gasteiger partial charge in [0.05, 0.1) is 14.2 Å². The van der Waals surface area contributed by atoms with Gasteiger partial charge >= 0.3 is 21.7 Å². The van der Waals surface area contributed by atoms with Gasteiger partial charge in [-0.05, 0) is 0 Å². The van der Waals surface area contributed by atoms with Gasteiger partial charge in [0.2, 0.25) is 0 Å². The number of unbranched alkanes of at least 4 members (excludes halogenated alkanes) is 2. The van der Waals surface area contributed by atoms with Gasteiger partial charge < -0.3 is 9.47 Å². The van der Waals surface area contributed by atoms with Crippen LogP contribution in [0.1, 0.15) is 50.7 Å². The maximum atomic E-state index is 4.89. The summed E-state index contributed by atoms with van der Waals surface area (Å²) in [7, 11) is 3.30. The van der Waals surface area contributed by atoms with Gasteiger partial charge in [-0.1, -0.05) is 52.4 Å². The van der Waals surface area contributed by atoms with E-state index in [0.717, 1.165) is 11.5 Å². The third kappa shape index (κ3) is 17.5. The van der Waals surface area contributed by atoms with Gasteiger partial charge in [0, 0.05) is 11.5 Å². The first-order valence-corrected chi connectivity index (χ1v) is 12.1. The standard InChI is InChI=1S/2C9H13.2C7H7O.Ti/c2*1-2-3-6-9-7-4-5-8-9;2*1-8-7-5-3-2-4-6-7;/h2*4-5,7-8H,2-3,6H2,1H3;2*3-6H,1H3;/q4*-1;+4. The van der Waals surface area contributed by atoms with Gasteiger partial charge in [-0.25, -0.2) is 24.3 Å². The predicted molar refractivity (Wildman–Crippen MR) is 145 cm³/mol. The summed E-state index contributed by atoms with van der Waals surface area (Å²) >= 11 is 0. The molecule has 0 bridgehead atoms. The molecule has 4 aromatic carbocycles. The van der Waals surface area contributed by atoms with Crippen LogP contribution in [0, 0.1) is 12.1 Å². The van der Waals surface area contributed by atoms with Gasteiger partial charge in [-0.2, -0.15) is 71.8 Å². The fourth-order valence-electron chi connectivity index (χ4n) is 2.94. The van der Waals surface area contributed by atoms with Crippen molar-refractivity contribution in [3.63, 3.8) is 0 Å². The van der Waals surface area contributed by atoms with Crippen molar-refractivity contribution in [2.45, 2.75) is 52.4 Å². The average molecular weight is 505 g/mol. The second kappa shape index (κ2) is 23.2. The summed E-state index contributed by atoms with van der Waals surface area (Å²) in [6, 6.07) is 37.7. The molecule has 0 aromatic heterocycles. The topological polar surface area (TPSA) is 18.5 Å². The van der Waals surface area contributed by atoms with Gasteiger partial charge in [0.25, 0.3) is 0 Å². The van der Waals surface area contributed by atoms with Crippen molar-refractivity contribution >= 4 is 0 Å². The SMILES string of the molecule is CCCC[c-]1cccc1.CCCC[c-]1cccc1.COc1cc[c-]cc1.COc1cc[c-]cc1.[Ti+4]. The van der Waals surface area contributed by atoms with E-state index < -0.39 is 0 Å². The van der Waals surface area contributed by atoms with E-state index in [4.69, 9.17) is 9.47 Å². The van der Waals surface area contributed by atoms with E-state index in [1.54, 1.807) is 14.2 Å². The zero-order chi connectivity index (χ0) is 24.7. The van der Waals surface area contributed by atoms with E-state index in [1.807, 2.05) is 48.5 Å². The quantitative estimate of drug-likeness (QED) is 0.177. The third-order valence-electron chi connectivity index (χ3n) is 4.95. The molecule has 4 rings (SSSR count). The smallest absolute Gasteiger partial charge is 0.522 e. The van der Waals surface area contributed by atoms with Crippen LogP contribution in [-0.2, 0) is 34.6 Å². The molecular formula is C32H40O2Ti. The van der Waals surface area contributed by atoms with Crippen molar-refractivity contribution in [3.8, 4) is 11.5 Å². The first kappa shape index (κ1) is 32.5. The first-order chi connectivity index (χ1) is 16.7. The Hall–Kier alpha value is -2.55. The summed E-state index contributed by atoms with van der Waals surface area (Å²) in [5, 5.41) is 0. The Labute approximate surface area is 228 Å². The van der Waals surface area contributed by atoms with Crippen LogP contribution in [0.3, 0.4) is 0 Å². The van der Waals surface area contributed by atoms with Crippen LogP contribution in [0.5, 0.6) is 11.5 Å². The number of ether oxygens (including phenoxy) is 2. The molecule has 184 valence electrons. The molecule has 0 radical (unpaired) electrons. The van der Waals surface area contributed by atoms with Crippen LogP contribution >= 0.6 is 0 Å². The fraction of sp³-hybridized carbons (Fsp3) is 0.312. The van der Waals surface area contributed by atoms with Crippen LogP contribution in [0.15, 0.2) is 97.1 Å². The van der Waals surface area contributed by atoms with Crippen molar-refractivity contribution in [1.29, 1.82) is 0 Å².